The summed E-state index contributed by atoms with van der Waals surface area (Å²) in [6.45, 7) is 1.19. The Morgan fingerprint density at radius 1 is 1.27 bits per heavy atom. The summed E-state index contributed by atoms with van der Waals surface area (Å²) in [5.41, 5.74) is 1.31. The van der Waals surface area contributed by atoms with Crippen molar-refractivity contribution in [2.24, 2.45) is 0 Å². The molecule has 1 aliphatic heterocycles. The average molecular weight is 484 g/mol. The van der Waals surface area contributed by atoms with Crippen molar-refractivity contribution in [1.82, 2.24) is 14.5 Å². The van der Waals surface area contributed by atoms with Crippen molar-refractivity contribution in [3.63, 3.8) is 0 Å². The molecule has 4 heterocycles. The van der Waals surface area contributed by atoms with Gasteiger partial charge in [-0.2, -0.15) is 0 Å². The SMILES string of the molecule is O=C(Cn1cnc2scc(-c3cccs3)c2c1=O)N(Cc1cccc(F)c1)CC1CCCO1. The number of rotatable bonds is 7. The maximum atomic E-state index is 13.7. The van der Waals surface area contributed by atoms with Crippen LogP contribution in [0.5, 0.6) is 0 Å². The van der Waals surface area contributed by atoms with Gasteiger partial charge >= 0.3 is 0 Å². The molecular formula is C24H22FN3O3S2. The van der Waals surface area contributed by atoms with Crippen LogP contribution in [0.25, 0.3) is 20.7 Å². The van der Waals surface area contributed by atoms with Crippen molar-refractivity contribution in [1.29, 1.82) is 0 Å². The zero-order valence-corrected chi connectivity index (χ0v) is 19.4. The lowest BCUT2D eigenvalue weighted by Gasteiger charge is -2.26. The molecule has 0 saturated carbocycles. The molecule has 0 N–H and O–H groups in total. The summed E-state index contributed by atoms with van der Waals surface area (Å²) in [5.74, 6) is -0.577. The van der Waals surface area contributed by atoms with Crippen LogP contribution in [-0.2, 0) is 22.6 Å². The van der Waals surface area contributed by atoms with Gasteiger partial charge in [0.05, 0.1) is 17.8 Å². The maximum Gasteiger partial charge on any atom is 0.263 e. The van der Waals surface area contributed by atoms with Gasteiger partial charge in [0.2, 0.25) is 5.91 Å². The van der Waals surface area contributed by atoms with Crippen molar-refractivity contribution in [3.05, 3.63) is 75.2 Å². The molecule has 1 saturated heterocycles. The quantitative estimate of drug-likeness (QED) is 0.387. The Hall–Kier alpha value is -2.88. The first-order chi connectivity index (χ1) is 16.1. The first-order valence-corrected chi connectivity index (χ1v) is 12.5. The van der Waals surface area contributed by atoms with Crippen molar-refractivity contribution < 1.29 is 13.9 Å². The Balaban J connectivity index is 1.43. The van der Waals surface area contributed by atoms with Gasteiger partial charge in [-0.25, -0.2) is 9.37 Å². The maximum absolute atomic E-state index is 13.7. The Kier molecular flexibility index (Phi) is 6.34. The van der Waals surface area contributed by atoms with Gasteiger partial charge in [-0.15, -0.1) is 22.7 Å². The van der Waals surface area contributed by atoms with Crippen LogP contribution >= 0.6 is 22.7 Å². The van der Waals surface area contributed by atoms with Gasteiger partial charge in [0, 0.05) is 35.5 Å². The fraction of sp³-hybridized carbons (Fsp3) is 0.292. The summed E-state index contributed by atoms with van der Waals surface area (Å²) in [4.78, 5) is 34.3. The summed E-state index contributed by atoms with van der Waals surface area (Å²) in [6.07, 6.45) is 3.21. The molecule has 9 heteroatoms. The molecular weight excluding hydrogens is 461 g/mol. The number of benzene rings is 1. The third-order valence-electron chi connectivity index (χ3n) is 5.72. The smallest absolute Gasteiger partial charge is 0.263 e. The lowest BCUT2D eigenvalue weighted by Crippen LogP contribution is -2.40. The highest BCUT2D eigenvalue weighted by atomic mass is 32.1. The molecule has 1 aliphatic rings. The summed E-state index contributed by atoms with van der Waals surface area (Å²) >= 11 is 2.98. The second kappa shape index (κ2) is 9.54. The number of thiophene rings is 2. The highest BCUT2D eigenvalue weighted by molar-refractivity contribution is 7.18. The molecule has 0 radical (unpaired) electrons. The molecule has 1 atom stereocenters. The van der Waals surface area contributed by atoms with E-state index < -0.39 is 0 Å². The minimum atomic E-state index is -0.346. The van der Waals surface area contributed by atoms with Gasteiger partial charge in [0.15, 0.2) is 0 Å². The van der Waals surface area contributed by atoms with E-state index in [2.05, 4.69) is 4.98 Å². The lowest BCUT2D eigenvalue weighted by atomic mass is 10.1. The Morgan fingerprint density at radius 3 is 2.94 bits per heavy atom. The van der Waals surface area contributed by atoms with Crippen LogP contribution in [0.2, 0.25) is 0 Å². The Labute approximate surface area is 197 Å². The fourth-order valence-corrected chi connectivity index (χ4v) is 5.80. The van der Waals surface area contributed by atoms with Gasteiger partial charge < -0.3 is 9.64 Å². The van der Waals surface area contributed by atoms with E-state index >= 15 is 0 Å². The first kappa shape index (κ1) is 21.9. The fourth-order valence-electron chi connectivity index (χ4n) is 4.08. The van der Waals surface area contributed by atoms with Gasteiger partial charge in [-0.05, 0) is 42.0 Å². The van der Waals surface area contributed by atoms with Crippen LogP contribution in [0.3, 0.4) is 0 Å². The number of ether oxygens (including phenoxy) is 1. The van der Waals surface area contributed by atoms with E-state index in [-0.39, 0.29) is 36.5 Å². The van der Waals surface area contributed by atoms with Crippen LogP contribution in [-0.4, -0.2) is 39.6 Å². The first-order valence-electron chi connectivity index (χ1n) is 10.7. The number of nitrogens with zero attached hydrogens (tertiary/aromatic N) is 3. The molecule has 1 amide bonds. The Bertz CT molecular complexity index is 1330. The van der Waals surface area contributed by atoms with E-state index in [0.717, 1.165) is 23.3 Å². The van der Waals surface area contributed by atoms with Crippen LogP contribution in [0.4, 0.5) is 4.39 Å². The van der Waals surface area contributed by atoms with Crippen LogP contribution in [0.15, 0.2) is 58.3 Å². The van der Waals surface area contributed by atoms with E-state index in [9.17, 15) is 14.0 Å². The standard InChI is InChI=1S/C24H22FN3O3S2/c25-17-5-1-4-16(10-17)11-27(12-18-6-2-8-31-18)21(29)13-28-15-26-23-22(24(28)30)19(14-33-23)20-7-3-9-32-20/h1,3-5,7,9-10,14-15,18H,2,6,8,11-13H2. The molecule has 6 nitrogen and oxygen atoms in total. The van der Waals surface area contributed by atoms with Crippen molar-refractivity contribution in [2.75, 3.05) is 13.2 Å². The minimum Gasteiger partial charge on any atom is -0.376 e. The number of carbonyl (C=O) groups excluding carboxylic acids is 1. The van der Waals surface area contributed by atoms with Crippen molar-refractivity contribution >= 4 is 38.8 Å². The number of fused-ring (bicyclic) bond motifs is 1. The molecule has 33 heavy (non-hydrogen) atoms. The molecule has 170 valence electrons. The van der Waals surface area contributed by atoms with E-state index in [1.165, 1.54) is 34.4 Å². The van der Waals surface area contributed by atoms with Crippen molar-refractivity contribution in [2.45, 2.75) is 32.0 Å². The largest absolute Gasteiger partial charge is 0.376 e. The third kappa shape index (κ3) is 4.75. The summed E-state index contributed by atoms with van der Waals surface area (Å²) < 4.78 is 20.8. The van der Waals surface area contributed by atoms with Gasteiger partial charge in [-0.3, -0.25) is 14.2 Å². The van der Waals surface area contributed by atoms with E-state index in [1.807, 2.05) is 22.9 Å². The third-order valence-corrected chi connectivity index (χ3v) is 7.51. The van der Waals surface area contributed by atoms with Crippen molar-refractivity contribution in [3.8, 4) is 10.4 Å². The predicted molar refractivity (Wildman–Crippen MR) is 128 cm³/mol. The topological polar surface area (TPSA) is 64.4 Å². The zero-order chi connectivity index (χ0) is 22.8. The molecule has 1 aromatic carbocycles. The monoisotopic (exact) mass is 483 g/mol. The number of hydrogen-bond donors (Lipinski definition) is 0. The Morgan fingerprint density at radius 2 is 2.18 bits per heavy atom. The summed E-state index contributed by atoms with van der Waals surface area (Å²) in [5, 5.41) is 4.44. The average Bonchev–Trinajstić information content (AvgIpc) is 3.57. The number of hydrogen-bond acceptors (Lipinski definition) is 6. The van der Waals surface area contributed by atoms with Crippen LogP contribution < -0.4 is 5.56 Å². The molecule has 4 aromatic rings. The van der Waals surface area contributed by atoms with Gasteiger partial charge in [0.25, 0.3) is 5.56 Å². The lowest BCUT2D eigenvalue weighted by molar-refractivity contribution is -0.134. The molecule has 0 bridgehead atoms. The van der Waals surface area contributed by atoms with Crippen LogP contribution in [0, 0.1) is 5.82 Å². The second-order valence-electron chi connectivity index (χ2n) is 8.02. The normalized spacial score (nSPS) is 15.8. The molecule has 0 spiro atoms. The molecule has 1 fully saturated rings. The van der Waals surface area contributed by atoms with E-state index in [4.69, 9.17) is 4.74 Å². The van der Waals surface area contributed by atoms with Gasteiger partial charge in [0.1, 0.15) is 17.2 Å². The van der Waals surface area contributed by atoms with E-state index in [1.54, 1.807) is 28.4 Å². The summed E-state index contributed by atoms with van der Waals surface area (Å²) in [6, 6.07) is 10.1. The predicted octanol–water partition coefficient (Wildman–Crippen LogP) is 4.53. The molecule has 5 rings (SSSR count). The molecule has 0 aliphatic carbocycles. The van der Waals surface area contributed by atoms with Crippen LogP contribution in [0.1, 0.15) is 18.4 Å². The minimum absolute atomic E-state index is 0.0536. The molecule has 3 aromatic heterocycles. The summed E-state index contributed by atoms with van der Waals surface area (Å²) in [7, 11) is 0. The zero-order valence-electron chi connectivity index (χ0n) is 17.8. The number of aromatic nitrogens is 2. The number of halogens is 1. The van der Waals surface area contributed by atoms with E-state index in [0.29, 0.717) is 28.9 Å². The number of amides is 1. The van der Waals surface area contributed by atoms with Gasteiger partial charge in [-0.1, -0.05) is 18.2 Å². The highest BCUT2D eigenvalue weighted by Crippen LogP contribution is 2.33. The molecule has 1 unspecified atom stereocenters. The number of carbonyl (C=O) groups is 1. The highest BCUT2D eigenvalue weighted by Gasteiger charge is 2.24. The second-order valence-corrected chi connectivity index (χ2v) is 9.83.